The zero-order valence-corrected chi connectivity index (χ0v) is 29.8. The fourth-order valence-electron chi connectivity index (χ4n) is 5.71. The first-order valence-electron chi connectivity index (χ1n) is 15.8. The second kappa shape index (κ2) is 14.1. The van der Waals surface area contributed by atoms with Crippen LogP contribution in [-0.2, 0) is 20.2 Å². The van der Waals surface area contributed by atoms with Crippen LogP contribution < -0.4 is 21.3 Å². The number of rotatable bonds is 8. The summed E-state index contributed by atoms with van der Waals surface area (Å²) >= 11 is 0. The summed E-state index contributed by atoms with van der Waals surface area (Å²) in [4.78, 5) is 38.2. The molecule has 6 rings (SSSR count). The van der Waals surface area contributed by atoms with Gasteiger partial charge in [-0.05, 0) is 131 Å². The third kappa shape index (κ3) is 8.08. The van der Waals surface area contributed by atoms with E-state index in [4.69, 9.17) is 0 Å². The maximum absolute atomic E-state index is 13.2. The molecular formula is C37H30N4O11S2. The van der Waals surface area contributed by atoms with E-state index in [1.54, 1.807) is 13.8 Å². The van der Waals surface area contributed by atoms with Gasteiger partial charge in [-0.1, -0.05) is 12.1 Å². The monoisotopic (exact) mass is 770 g/mol. The molecule has 0 aliphatic heterocycles. The number of carbonyl (C=O) groups is 3. The van der Waals surface area contributed by atoms with Crippen molar-refractivity contribution in [1.82, 2.24) is 0 Å². The van der Waals surface area contributed by atoms with E-state index in [2.05, 4.69) is 21.3 Å². The van der Waals surface area contributed by atoms with E-state index in [1.165, 1.54) is 97.1 Å². The Kier molecular flexibility index (Phi) is 9.74. The number of hydrogen-bond donors (Lipinski definition) is 8. The molecule has 54 heavy (non-hydrogen) atoms. The van der Waals surface area contributed by atoms with Gasteiger partial charge in [-0.15, -0.1) is 0 Å². The Bertz CT molecular complexity index is 2600. The van der Waals surface area contributed by atoms with Crippen LogP contribution in [0.3, 0.4) is 0 Å². The SMILES string of the molecule is Cc1cc(C(=O)Nc2cc3cc(O)ccc3cc2S(=O)(=O)O)ccc1NC(=O)Nc1ccc(C(=O)Nc2cc3cc(O)ccc3cc2S(=O)(=O)O)cc1C. The van der Waals surface area contributed by atoms with Gasteiger partial charge in [-0.2, -0.15) is 16.8 Å². The maximum Gasteiger partial charge on any atom is 0.323 e. The molecule has 0 atom stereocenters. The number of nitrogens with one attached hydrogen (secondary N) is 4. The molecule has 0 bridgehead atoms. The molecular weight excluding hydrogens is 741 g/mol. The van der Waals surface area contributed by atoms with Crippen molar-refractivity contribution in [2.45, 2.75) is 23.6 Å². The summed E-state index contributed by atoms with van der Waals surface area (Å²) in [5.41, 5.74) is 1.37. The topological polar surface area (TPSA) is 249 Å². The number of amides is 4. The minimum absolute atomic E-state index is 0.0858. The lowest BCUT2D eigenvalue weighted by Crippen LogP contribution is -2.21. The summed E-state index contributed by atoms with van der Waals surface area (Å²) in [5, 5.41) is 31.6. The second-order valence-corrected chi connectivity index (χ2v) is 15.0. The average molecular weight is 771 g/mol. The zero-order chi connectivity index (χ0) is 39.1. The quantitative estimate of drug-likeness (QED) is 0.0760. The maximum atomic E-state index is 13.2. The molecule has 15 nitrogen and oxygen atoms in total. The zero-order valence-electron chi connectivity index (χ0n) is 28.2. The molecule has 4 amide bonds. The Balaban J connectivity index is 1.14. The molecule has 17 heteroatoms. The smallest absolute Gasteiger partial charge is 0.323 e. The number of urea groups is 1. The van der Waals surface area contributed by atoms with Gasteiger partial charge in [0.1, 0.15) is 21.3 Å². The lowest BCUT2D eigenvalue weighted by molar-refractivity contribution is 0.101. The molecule has 6 aromatic rings. The number of carbonyl (C=O) groups excluding carboxylic acids is 3. The molecule has 0 saturated carbocycles. The number of benzene rings is 6. The van der Waals surface area contributed by atoms with Crippen molar-refractivity contribution in [1.29, 1.82) is 0 Å². The Labute approximate surface area is 307 Å². The normalized spacial score (nSPS) is 11.6. The lowest BCUT2D eigenvalue weighted by Gasteiger charge is -2.15. The van der Waals surface area contributed by atoms with Crippen molar-refractivity contribution in [2.75, 3.05) is 21.3 Å². The van der Waals surface area contributed by atoms with Crippen molar-refractivity contribution >= 4 is 82.4 Å². The predicted octanol–water partition coefficient (Wildman–Crippen LogP) is 6.66. The van der Waals surface area contributed by atoms with Crippen LogP contribution in [0.15, 0.2) is 107 Å². The standard InChI is InChI=1S/C37H30N4O11S2/c1-19-11-23(35(44)38-31-15-25-13-27(42)7-3-21(25)17-33(31)53(47,48)49)5-9-29(19)40-37(46)41-30-10-6-24(12-20(30)2)36(45)39-32-16-26-14-28(43)8-4-22(26)18-34(32)54(50,51)52/h3-18,42-43H,1-2H3,(H,38,44)(H,39,45)(H2,40,41,46)(H,47,48,49)(H,50,51,52). The summed E-state index contributed by atoms with van der Waals surface area (Å²) in [7, 11) is -9.48. The molecule has 0 aliphatic carbocycles. The lowest BCUT2D eigenvalue weighted by atomic mass is 10.1. The number of phenolic OH excluding ortho intramolecular Hbond substituents is 2. The van der Waals surface area contributed by atoms with Crippen molar-refractivity contribution < 1.29 is 50.5 Å². The van der Waals surface area contributed by atoms with E-state index in [0.717, 1.165) is 0 Å². The molecule has 0 heterocycles. The first-order valence-corrected chi connectivity index (χ1v) is 18.6. The summed E-state index contributed by atoms with van der Waals surface area (Å²) in [6.45, 7) is 3.25. The average Bonchev–Trinajstić information content (AvgIpc) is 3.08. The van der Waals surface area contributed by atoms with Crippen LogP contribution in [0.5, 0.6) is 11.5 Å². The summed E-state index contributed by atoms with van der Waals surface area (Å²) in [5.74, 6) is -1.60. The highest BCUT2D eigenvalue weighted by molar-refractivity contribution is 7.86. The molecule has 0 radical (unpaired) electrons. The molecule has 276 valence electrons. The largest absolute Gasteiger partial charge is 0.508 e. The fourth-order valence-corrected chi connectivity index (χ4v) is 7.03. The number of phenols is 2. The number of anilines is 4. The van der Waals surface area contributed by atoms with Crippen LogP contribution >= 0.6 is 0 Å². The Hall–Kier alpha value is -6.53. The molecule has 0 spiro atoms. The van der Waals surface area contributed by atoms with E-state index in [-0.39, 0.29) is 34.0 Å². The highest BCUT2D eigenvalue weighted by Gasteiger charge is 2.22. The van der Waals surface area contributed by atoms with Gasteiger partial charge in [0, 0.05) is 22.5 Å². The third-order valence-electron chi connectivity index (χ3n) is 8.37. The van der Waals surface area contributed by atoms with E-state index in [0.29, 0.717) is 44.0 Å². The van der Waals surface area contributed by atoms with Crippen molar-refractivity contribution in [2.24, 2.45) is 0 Å². The molecule has 0 saturated heterocycles. The first-order chi connectivity index (χ1) is 25.3. The van der Waals surface area contributed by atoms with Crippen LogP contribution in [0.4, 0.5) is 27.5 Å². The van der Waals surface area contributed by atoms with E-state index >= 15 is 0 Å². The fraction of sp³-hybridized carbons (Fsp3) is 0.0541. The predicted molar refractivity (Wildman–Crippen MR) is 202 cm³/mol. The molecule has 0 aliphatic rings. The van der Waals surface area contributed by atoms with Crippen molar-refractivity contribution in [3.8, 4) is 11.5 Å². The van der Waals surface area contributed by atoms with Gasteiger partial charge >= 0.3 is 6.03 Å². The van der Waals surface area contributed by atoms with Gasteiger partial charge in [0.25, 0.3) is 32.1 Å². The van der Waals surface area contributed by atoms with E-state index in [1.807, 2.05) is 0 Å². The molecule has 8 N–H and O–H groups in total. The Morgan fingerprint density at radius 2 is 0.852 bits per heavy atom. The number of fused-ring (bicyclic) bond motifs is 2. The second-order valence-electron chi connectivity index (χ2n) is 12.3. The van der Waals surface area contributed by atoms with Crippen molar-refractivity contribution in [3.63, 3.8) is 0 Å². The highest BCUT2D eigenvalue weighted by Crippen LogP contribution is 2.32. The van der Waals surface area contributed by atoms with Crippen LogP contribution in [0, 0.1) is 13.8 Å². The number of aromatic hydroxyl groups is 2. The third-order valence-corrected chi connectivity index (χ3v) is 10.2. The summed E-state index contributed by atoms with van der Waals surface area (Å²) < 4.78 is 68.0. The van der Waals surface area contributed by atoms with Gasteiger partial charge < -0.3 is 31.5 Å². The van der Waals surface area contributed by atoms with Gasteiger partial charge in [-0.3, -0.25) is 18.7 Å². The number of aryl methyl sites for hydroxylation is 2. The van der Waals surface area contributed by atoms with Crippen LogP contribution in [0.1, 0.15) is 31.8 Å². The van der Waals surface area contributed by atoms with E-state index < -0.39 is 47.9 Å². The van der Waals surface area contributed by atoms with Crippen molar-refractivity contribution in [3.05, 3.63) is 119 Å². The van der Waals surface area contributed by atoms with Gasteiger partial charge in [0.2, 0.25) is 0 Å². The summed E-state index contributed by atoms with van der Waals surface area (Å²) in [6.07, 6.45) is 0. The van der Waals surface area contributed by atoms with Crippen LogP contribution in [0.25, 0.3) is 21.5 Å². The Morgan fingerprint density at radius 3 is 1.20 bits per heavy atom. The highest BCUT2D eigenvalue weighted by atomic mass is 32.2. The van der Waals surface area contributed by atoms with Crippen LogP contribution in [0.2, 0.25) is 0 Å². The van der Waals surface area contributed by atoms with Gasteiger partial charge in [0.15, 0.2) is 0 Å². The molecule has 0 fully saturated rings. The van der Waals surface area contributed by atoms with Gasteiger partial charge in [0.05, 0.1) is 11.4 Å². The molecule has 0 aromatic heterocycles. The van der Waals surface area contributed by atoms with Gasteiger partial charge in [-0.25, -0.2) is 4.79 Å². The first kappa shape index (κ1) is 37.2. The molecule has 0 unspecified atom stereocenters. The minimum Gasteiger partial charge on any atom is -0.508 e. The number of hydrogen-bond acceptors (Lipinski definition) is 9. The Morgan fingerprint density at radius 1 is 0.463 bits per heavy atom. The summed E-state index contributed by atoms with van der Waals surface area (Å²) in [6, 6.07) is 21.3. The minimum atomic E-state index is -4.74. The molecule has 6 aromatic carbocycles. The van der Waals surface area contributed by atoms with E-state index in [9.17, 15) is 50.5 Å². The van der Waals surface area contributed by atoms with Crippen LogP contribution in [-0.4, -0.2) is 54.0 Å².